The first-order valence-corrected chi connectivity index (χ1v) is 7.58. The van der Waals surface area contributed by atoms with E-state index in [-0.39, 0.29) is 12.5 Å². The molecule has 0 aromatic carbocycles. The number of hydrogen-bond acceptors (Lipinski definition) is 4. The predicted octanol–water partition coefficient (Wildman–Crippen LogP) is 2.85. The Morgan fingerprint density at radius 1 is 1.55 bits per heavy atom. The summed E-state index contributed by atoms with van der Waals surface area (Å²) in [5.41, 5.74) is 8.99. The third-order valence-electron chi connectivity index (χ3n) is 3.40. The highest BCUT2D eigenvalue weighted by atomic mass is 35.5. The van der Waals surface area contributed by atoms with E-state index in [0.717, 1.165) is 35.2 Å². The second-order valence-corrected chi connectivity index (χ2v) is 6.38. The van der Waals surface area contributed by atoms with Crippen LogP contribution in [0.15, 0.2) is 17.7 Å². The maximum atomic E-state index is 12.1. The zero-order chi connectivity index (χ0) is 14.3. The Labute approximate surface area is 125 Å². The quantitative estimate of drug-likeness (QED) is 0.916. The highest BCUT2D eigenvalue weighted by molar-refractivity contribution is 7.21. The summed E-state index contributed by atoms with van der Waals surface area (Å²) < 4.78 is 0. The SMILES string of the molecule is C=C(Cl)CNC(=O)c1sc2nc3c(cc2c1N)CCC3. The summed E-state index contributed by atoms with van der Waals surface area (Å²) in [6.45, 7) is 3.77. The van der Waals surface area contributed by atoms with Crippen molar-refractivity contribution in [3.05, 3.63) is 33.8 Å². The van der Waals surface area contributed by atoms with Crippen molar-refractivity contribution in [2.24, 2.45) is 0 Å². The van der Waals surface area contributed by atoms with Gasteiger partial charge in [-0.3, -0.25) is 4.79 Å². The normalized spacial score (nSPS) is 13.4. The van der Waals surface area contributed by atoms with Gasteiger partial charge < -0.3 is 11.1 Å². The molecule has 1 aliphatic carbocycles. The molecule has 1 aliphatic rings. The number of aromatic nitrogens is 1. The number of anilines is 1. The fourth-order valence-electron chi connectivity index (χ4n) is 2.42. The molecule has 2 heterocycles. The number of pyridine rings is 1. The molecule has 0 atom stereocenters. The van der Waals surface area contributed by atoms with Crippen LogP contribution in [-0.2, 0) is 12.8 Å². The van der Waals surface area contributed by atoms with Crippen LogP contribution >= 0.6 is 22.9 Å². The molecule has 1 amide bonds. The number of rotatable bonds is 3. The van der Waals surface area contributed by atoms with Crippen LogP contribution in [0.2, 0.25) is 0 Å². The van der Waals surface area contributed by atoms with E-state index in [0.29, 0.717) is 15.6 Å². The number of nitrogens with one attached hydrogen (secondary N) is 1. The van der Waals surface area contributed by atoms with E-state index in [2.05, 4.69) is 22.9 Å². The van der Waals surface area contributed by atoms with Gasteiger partial charge in [-0.05, 0) is 30.9 Å². The summed E-state index contributed by atoms with van der Waals surface area (Å²) in [5.74, 6) is -0.229. The highest BCUT2D eigenvalue weighted by Gasteiger charge is 2.20. The lowest BCUT2D eigenvalue weighted by atomic mass is 10.1. The Morgan fingerprint density at radius 2 is 2.35 bits per heavy atom. The third-order valence-corrected chi connectivity index (χ3v) is 4.64. The number of halogens is 1. The van der Waals surface area contributed by atoms with Crippen LogP contribution in [0.4, 0.5) is 5.69 Å². The molecule has 6 heteroatoms. The van der Waals surface area contributed by atoms with Gasteiger partial charge in [-0.1, -0.05) is 18.2 Å². The van der Waals surface area contributed by atoms with Crippen molar-refractivity contribution in [1.29, 1.82) is 0 Å². The van der Waals surface area contributed by atoms with Crippen LogP contribution in [0.1, 0.15) is 27.3 Å². The predicted molar refractivity (Wildman–Crippen MR) is 83.4 cm³/mol. The van der Waals surface area contributed by atoms with Crippen LogP contribution in [0.25, 0.3) is 10.2 Å². The molecule has 3 N–H and O–H groups in total. The summed E-state index contributed by atoms with van der Waals surface area (Å²) >= 11 is 6.98. The Hall–Kier alpha value is -1.59. The maximum Gasteiger partial charge on any atom is 0.263 e. The molecule has 0 fully saturated rings. The molecule has 0 spiro atoms. The molecule has 0 saturated heterocycles. The topological polar surface area (TPSA) is 68.0 Å². The number of hydrogen-bond donors (Lipinski definition) is 2. The minimum Gasteiger partial charge on any atom is -0.397 e. The van der Waals surface area contributed by atoms with Crippen LogP contribution < -0.4 is 11.1 Å². The van der Waals surface area contributed by atoms with E-state index in [4.69, 9.17) is 17.3 Å². The lowest BCUT2D eigenvalue weighted by molar-refractivity contribution is 0.0962. The van der Waals surface area contributed by atoms with Gasteiger partial charge in [0.2, 0.25) is 0 Å². The van der Waals surface area contributed by atoms with E-state index >= 15 is 0 Å². The number of nitrogen functional groups attached to an aromatic ring is 1. The molecular formula is C14H14ClN3OS. The number of amides is 1. The molecule has 20 heavy (non-hydrogen) atoms. The molecule has 104 valence electrons. The van der Waals surface area contributed by atoms with Crippen molar-refractivity contribution < 1.29 is 4.79 Å². The standard InChI is InChI=1S/C14H14ClN3OS/c1-7(15)6-17-13(19)12-11(16)9-5-8-3-2-4-10(8)18-14(9)20-12/h5H,1-4,6,16H2,(H,17,19). The van der Waals surface area contributed by atoms with Crippen LogP contribution in [0.5, 0.6) is 0 Å². The molecule has 0 bridgehead atoms. The third kappa shape index (κ3) is 2.27. The minimum absolute atomic E-state index is 0.229. The van der Waals surface area contributed by atoms with Gasteiger partial charge in [0.25, 0.3) is 5.91 Å². The van der Waals surface area contributed by atoms with Gasteiger partial charge in [0, 0.05) is 16.1 Å². The molecular weight excluding hydrogens is 294 g/mol. The van der Waals surface area contributed by atoms with Crippen LogP contribution in [-0.4, -0.2) is 17.4 Å². The van der Waals surface area contributed by atoms with E-state index < -0.39 is 0 Å². The summed E-state index contributed by atoms with van der Waals surface area (Å²) in [6, 6.07) is 2.08. The van der Waals surface area contributed by atoms with Crippen LogP contribution in [0.3, 0.4) is 0 Å². The largest absolute Gasteiger partial charge is 0.397 e. The average molecular weight is 308 g/mol. The lowest BCUT2D eigenvalue weighted by Crippen LogP contribution is -2.24. The van der Waals surface area contributed by atoms with E-state index in [9.17, 15) is 4.79 Å². The number of nitrogens with zero attached hydrogens (tertiary/aromatic N) is 1. The minimum atomic E-state index is -0.229. The van der Waals surface area contributed by atoms with Crippen molar-refractivity contribution in [2.45, 2.75) is 19.3 Å². The van der Waals surface area contributed by atoms with Crippen molar-refractivity contribution in [3.63, 3.8) is 0 Å². The fourth-order valence-corrected chi connectivity index (χ4v) is 3.50. The first-order chi connectivity index (χ1) is 9.56. The molecule has 2 aromatic heterocycles. The molecule has 0 saturated carbocycles. The van der Waals surface area contributed by atoms with Gasteiger partial charge in [-0.2, -0.15) is 0 Å². The fraction of sp³-hybridized carbons (Fsp3) is 0.286. The molecule has 0 unspecified atom stereocenters. The molecule has 4 nitrogen and oxygen atoms in total. The monoisotopic (exact) mass is 307 g/mol. The van der Waals surface area contributed by atoms with Gasteiger partial charge in [0.1, 0.15) is 9.71 Å². The number of nitrogens with two attached hydrogens (primary N) is 1. The van der Waals surface area contributed by atoms with Gasteiger partial charge in [0.15, 0.2) is 0 Å². The first-order valence-electron chi connectivity index (χ1n) is 6.38. The zero-order valence-electron chi connectivity index (χ0n) is 10.8. The number of aryl methyl sites for hydroxylation is 2. The van der Waals surface area contributed by atoms with Gasteiger partial charge in [0.05, 0.1) is 12.2 Å². The van der Waals surface area contributed by atoms with Crippen molar-refractivity contribution in [2.75, 3.05) is 12.3 Å². The summed E-state index contributed by atoms with van der Waals surface area (Å²) in [6.07, 6.45) is 3.20. The summed E-state index contributed by atoms with van der Waals surface area (Å²) in [7, 11) is 0. The number of fused-ring (bicyclic) bond motifs is 2. The number of carbonyl (C=O) groups excluding carboxylic acids is 1. The molecule has 3 rings (SSSR count). The number of thiophene rings is 1. The second-order valence-electron chi connectivity index (χ2n) is 4.85. The first kappa shape index (κ1) is 13.4. The molecule has 0 aliphatic heterocycles. The summed E-state index contributed by atoms with van der Waals surface area (Å²) in [4.78, 5) is 18.0. The zero-order valence-corrected chi connectivity index (χ0v) is 12.4. The highest BCUT2D eigenvalue weighted by Crippen LogP contribution is 2.35. The van der Waals surface area contributed by atoms with Crippen molar-refractivity contribution >= 4 is 44.7 Å². The maximum absolute atomic E-state index is 12.1. The van der Waals surface area contributed by atoms with Gasteiger partial charge >= 0.3 is 0 Å². The van der Waals surface area contributed by atoms with Gasteiger partial charge in [-0.25, -0.2) is 4.98 Å². The van der Waals surface area contributed by atoms with Gasteiger partial charge in [-0.15, -0.1) is 11.3 Å². The van der Waals surface area contributed by atoms with Crippen molar-refractivity contribution in [1.82, 2.24) is 10.3 Å². The second kappa shape index (κ2) is 5.07. The lowest BCUT2D eigenvalue weighted by Gasteiger charge is -2.02. The van der Waals surface area contributed by atoms with E-state index in [1.165, 1.54) is 16.9 Å². The molecule has 2 aromatic rings. The van der Waals surface area contributed by atoms with E-state index in [1.807, 2.05) is 0 Å². The number of carbonyl (C=O) groups is 1. The Morgan fingerprint density at radius 3 is 3.10 bits per heavy atom. The summed E-state index contributed by atoms with van der Waals surface area (Å²) in [5, 5.41) is 3.95. The smallest absolute Gasteiger partial charge is 0.263 e. The van der Waals surface area contributed by atoms with Crippen LogP contribution in [0, 0.1) is 0 Å². The Kier molecular flexibility index (Phi) is 3.40. The molecule has 0 radical (unpaired) electrons. The average Bonchev–Trinajstić information content (AvgIpc) is 2.98. The van der Waals surface area contributed by atoms with E-state index in [1.54, 1.807) is 0 Å². The van der Waals surface area contributed by atoms with Crippen molar-refractivity contribution in [3.8, 4) is 0 Å². The Bertz CT molecular complexity index is 723. The Balaban J connectivity index is 1.99.